The van der Waals surface area contributed by atoms with Crippen molar-refractivity contribution in [3.05, 3.63) is 12.3 Å². The van der Waals surface area contributed by atoms with Gasteiger partial charge in [0.2, 0.25) is 0 Å². The van der Waals surface area contributed by atoms with Crippen LogP contribution in [-0.2, 0) is 0 Å². The third-order valence-electron chi connectivity index (χ3n) is 1.33. The van der Waals surface area contributed by atoms with Crippen LogP contribution in [0.15, 0.2) is 12.3 Å². The van der Waals surface area contributed by atoms with Crippen molar-refractivity contribution in [2.45, 2.75) is 20.8 Å². The molecular formula is C9H15N. The van der Waals surface area contributed by atoms with Gasteiger partial charge in [0.25, 0.3) is 0 Å². The molecule has 0 fully saturated rings. The molecule has 1 heteroatoms. The fourth-order valence-corrected chi connectivity index (χ4v) is 0.660. The summed E-state index contributed by atoms with van der Waals surface area (Å²) >= 11 is 0. The van der Waals surface area contributed by atoms with Crippen LogP contribution in [0.3, 0.4) is 0 Å². The summed E-state index contributed by atoms with van der Waals surface area (Å²) in [6.45, 7) is 8.21. The van der Waals surface area contributed by atoms with Crippen LogP contribution in [0.25, 0.3) is 0 Å². The van der Waals surface area contributed by atoms with E-state index in [1.807, 2.05) is 19.2 Å². The number of rotatable bonds is 3. The van der Waals surface area contributed by atoms with Gasteiger partial charge in [-0.15, -0.1) is 5.92 Å². The van der Waals surface area contributed by atoms with Gasteiger partial charge >= 0.3 is 0 Å². The molecule has 0 aromatic heterocycles. The monoisotopic (exact) mass is 137 g/mol. The Labute approximate surface area is 63.7 Å². The summed E-state index contributed by atoms with van der Waals surface area (Å²) in [5.74, 6) is 5.68. The van der Waals surface area contributed by atoms with Gasteiger partial charge < -0.3 is 4.90 Å². The quantitative estimate of drug-likeness (QED) is 0.537. The van der Waals surface area contributed by atoms with Crippen molar-refractivity contribution in [1.29, 1.82) is 0 Å². The Morgan fingerprint density at radius 3 is 2.30 bits per heavy atom. The summed E-state index contributed by atoms with van der Waals surface area (Å²) in [6.07, 6.45) is 3.91. The average Bonchev–Trinajstić information content (AvgIpc) is 1.99. The Morgan fingerprint density at radius 1 is 1.30 bits per heavy atom. The van der Waals surface area contributed by atoms with E-state index < -0.39 is 0 Å². The van der Waals surface area contributed by atoms with Crippen LogP contribution >= 0.6 is 0 Å². The van der Waals surface area contributed by atoms with Crippen molar-refractivity contribution in [3.63, 3.8) is 0 Å². The number of hydrogen-bond donors (Lipinski definition) is 0. The third-order valence-corrected chi connectivity index (χ3v) is 1.33. The van der Waals surface area contributed by atoms with Crippen LogP contribution in [0.5, 0.6) is 0 Å². The number of nitrogens with zero attached hydrogens (tertiary/aromatic N) is 1. The zero-order chi connectivity index (χ0) is 7.82. The molecule has 10 heavy (non-hydrogen) atoms. The lowest BCUT2D eigenvalue weighted by Gasteiger charge is -2.13. The molecule has 0 saturated carbocycles. The first kappa shape index (κ1) is 9.10. The SMILES string of the molecule is CC#C/C=C\N(CC)CC. The zero-order valence-electron chi connectivity index (χ0n) is 7.02. The fraction of sp³-hybridized carbons (Fsp3) is 0.556. The first-order valence-electron chi connectivity index (χ1n) is 3.68. The van der Waals surface area contributed by atoms with Crippen molar-refractivity contribution in [2.24, 2.45) is 0 Å². The van der Waals surface area contributed by atoms with Gasteiger partial charge in [-0.05, 0) is 20.8 Å². The van der Waals surface area contributed by atoms with Gasteiger partial charge in [0.1, 0.15) is 0 Å². The molecule has 0 unspecified atom stereocenters. The van der Waals surface area contributed by atoms with Gasteiger partial charge in [0.15, 0.2) is 0 Å². The number of allylic oxidation sites excluding steroid dienone is 1. The van der Waals surface area contributed by atoms with Gasteiger partial charge in [-0.3, -0.25) is 0 Å². The standard InChI is InChI=1S/C9H15N/c1-4-7-8-9-10(5-2)6-3/h8-9H,5-6H2,1-3H3/b9-8-. The van der Waals surface area contributed by atoms with Crippen LogP contribution in [0.1, 0.15) is 20.8 Å². The van der Waals surface area contributed by atoms with Gasteiger partial charge in [0, 0.05) is 25.4 Å². The van der Waals surface area contributed by atoms with Crippen molar-refractivity contribution in [1.82, 2.24) is 4.90 Å². The minimum absolute atomic E-state index is 1.05. The maximum atomic E-state index is 2.88. The molecule has 0 aliphatic heterocycles. The molecule has 0 aromatic rings. The molecule has 0 saturated heterocycles. The van der Waals surface area contributed by atoms with E-state index in [1.54, 1.807) is 0 Å². The summed E-state index contributed by atoms with van der Waals surface area (Å²) in [5.41, 5.74) is 0. The Kier molecular flexibility index (Phi) is 5.66. The van der Waals surface area contributed by atoms with Gasteiger partial charge in [-0.25, -0.2) is 0 Å². The topological polar surface area (TPSA) is 3.24 Å². The minimum atomic E-state index is 1.05. The van der Waals surface area contributed by atoms with Crippen LogP contribution in [0, 0.1) is 11.8 Å². The molecule has 0 bridgehead atoms. The second-order valence-electron chi connectivity index (χ2n) is 1.93. The molecule has 0 amide bonds. The highest BCUT2D eigenvalue weighted by Crippen LogP contribution is 1.86. The van der Waals surface area contributed by atoms with E-state index in [2.05, 4.69) is 30.6 Å². The zero-order valence-corrected chi connectivity index (χ0v) is 7.02. The molecule has 0 aliphatic carbocycles. The van der Waals surface area contributed by atoms with Crippen molar-refractivity contribution < 1.29 is 0 Å². The minimum Gasteiger partial charge on any atom is -0.377 e. The normalized spacial score (nSPS) is 9.10. The van der Waals surface area contributed by atoms with Crippen molar-refractivity contribution in [3.8, 4) is 11.8 Å². The lowest BCUT2D eigenvalue weighted by molar-refractivity contribution is 0.419. The van der Waals surface area contributed by atoms with Crippen LogP contribution < -0.4 is 0 Å². The van der Waals surface area contributed by atoms with Gasteiger partial charge in [-0.1, -0.05) is 5.92 Å². The first-order valence-corrected chi connectivity index (χ1v) is 3.68. The molecular weight excluding hydrogens is 122 g/mol. The highest BCUT2D eigenvalue weighted by Gasteiger charge is 1.85. The second-order valence-corrected chi connectivity index (χ2v) is 1.93. The fourth-order valence-electron chi connectivity index (χ4n) is 0.660. The van der Waals surface area contributed by atoms with E-state index in [4.69, 9.17) is 0 Å². The van der Waals surface area contributed by atoms with E-state index in [0.29, 0.717) is 0 Å². The van der Waals surface area contributed by atoms with E-state index in [-0.39, 0.29) is 0 Å². The average molecular weight is 137 g/mol. The summed E-state index contributed by atoms with van der Waals surface area (Å²) < 4.78 is 0. The molecule has 1 nitrogen and oxygen atoms in total. The van der Waals surface area contributed by atoms with E-state index in [0.717, 1.165) is 13.1 Å². The molecule has 0 radical (unpaired) electrons. The van der Waals surface area contributed by atoms with E-state index in [1.165, 1.54) is 0 Å². The second kappa shape index (κ2) is 6.22. The van der Waals surface area contributed by atoms with Crippen LogP contribution in [-0.4, -0.2) is 18.0 Å². The molecule has 0 atom stereocenters. The highest BCUT2D eigenvalue weighted by atomic mass is 15.1. The predicted octanol–water partition coefficient (Wildman–Crippen LogP) is 1.87. The predicted molar refractivity (Wildman–Crippen MR) is 45.5 cm³/mol. The maximum absolute atomic E-state index is 2.88. The lowest BCUT2D eigenvalue weighted by Crippen LogP contribution is -2.14. The van der Waals surface area contributed by atoms with Gasteiger partial charge in [-0.2, -0.15) is 0 Å². The largest absolute Gasteiger partial charge is 0.377 e. The Hall–Kier alpha value is -0.900. The van der Waals surface area contributed by atoms with Gasteiger partial charge in [0.05, 0.1) is 0 Å². The van der Waals surface area contributed by atoms with Crippen LogP contribution in [0.4, 0.5) is 0 Å². The number of hydrogen-bond acceptors (Lipinski definition) is 1. The van der Waals surface area contributed by atoms with E-state index >= 15 is 0 Å². The Morgan fingerprint density at radius 2 is 1.90 bits per heavy atom. The summed E-state index contributed by atoms with van der Waals surface area (Å²) in [4.78, 5) is 2.20. The summed E-state index contributed by atoms with van der Waals surface area (Å²) in [6, 6.07) is 0. The third kappa shape index (κ3) is 4.03. The molecule has 0 aromatic carbocycles. The smallest absolute Gasteiger partial charge is 0.0144 e. The molecule has 0 spiro atoms. The Balaban J connectivity index is 3.68. The summed E-state index contributed by atoms with van der Waals surface area (Å²) in [7, 11) is 0. The Bertz CT molecular complexity index is 144. The highest BCUT2D eigenvalue weighted by molar-refractivity contribution is 5.13. The molecule has 56 valence electrons. The molecule has 0 aliphatic rings. The molecule has 0 N–H and O–H groups in total. The molecule has 0 rings (SSSR count). The summed E-state index contributed by atoms with van der Waals surface area (Å²) in [5, 5.41) is 0. The van der Waals surface area contributed by atoms with Crippen molar-refractivity contribution >= 4 is 0 Å². The van der Waals surface area contributed by atoms with E-state index in [9.17, 15) is 0 Å². The lowest BCUT2D eigenvalue weighted by atomic mass is 10.5. The van der Waals surface area contributed by atoms with Crippen molar-refractivity contribution in [2.75, 3.05) is 13.1 Å². The molecule has 0 heterocycles. The van der Waals surface area contributed by atoms with Crippen LogP contribution in [0.2, 0.25) is 0 Å². The maximum Gasteiger partial charge on any atom is 0.0144 e. The first-order chi connectivity index (χ1) is 4.85.